The van der Waals surface area contributed by atoms with Crippen molar-refractivity contribution in [1.29, 1.82) is 0 Å². The summed E-state index contributed by atoms with van der Waals surface area (Å²) in [4.78, 5) is 10.7. The van der Waals surface area contributed by atoms with Gasteiger partial charge in [0.05, 0.1) is 21.8 Å². The molecule has 0 saturated heterocycles. The zero-order valence-electron chi connectivity index (χ0n) is 14.7. The number of hydrogen-bond donors (Lipinski definition) is 1. The Morgan fingerprint density at radius 1 is 1.15 bits per heavy atom. The zero-order chi connectivity index (χ0) is 19.1. The molecule has 0 aliphatic rings. The fourth-order valence-corrected chi connectivity index (χ4v) is 4.01. The summed E-state index contributed by atoms with van der Waals surface area (Å²) in [5.41, 5.74) is 4.89. The monoisotopic (exact) mass is 378 g/mol. The Balaban J connectivity index is 1.93. The lowest BCUT2D eigenvalue weighted by molar-refractivity contribution is -0.137. The highest BCUT2D eigenvalue weighted by atomic mass is 32.1. The molecular weight excluding hydrogens is 361 g/mol. The van der Waals surface area contributed by atoms with E-state index < -0.39 is 11.7 Å². The van der Waals surface area contributed by atoms with E-state index in [1.807, 2.05) is 27.7 Å². The van der Waals surface area contributed by atoms with Crippen molar-refractivity contribution in [1.82, 2.24) is 9.97 Å². The molecule has 3 aromatic rings. The maximum Gasteiger partial charge on any atom is 0.416 e. The zero-order valence-corrected chi connectivity index (χ0v) is 15.5. The van der Waals surface area contributed by atoms with E-state index in [1.165, 1.54) is 17.4 Å². The van der Waals surface area contributed by atoms with Gasteiger partial charge in [0.25, 0.3) is 0 Å². The first-order chi connectivity index (χ1) is 12.2. The Kier molecular flexibility index (Phi) is 4.70. The lowest BCUT2D eigenvalue weighted by atomic mass is 10.1. The van der Waals surface area contributed by atoms with Crippen LogP contribution in [-0.4, -0.2) is 15.7 Å². The number of anilines is 1. The molecule has 0 bridgehead atoms. The summed E-state index contributed by atoms with van der Waals surface area (Å²) in [5.74, 6) is 0.708. The van der Waals surface area contributed by atoms with Gasteiger partial charge in [-0.15, -0.1) is 11.3 Å². The minimum absolute atomic E-state index is 0.282. The van der Waals surface area contributed by atoms with Crippen molar-refractivity contribution >= 4 is 33.0 Å². The molecule has 0 atom stereocenters. The maximum atomic E-state index is 12.8. The summed E-state index contributed by atoms with van der Waals surface area (Å²) in [5, 5.41) is 5.26. The minimum atomic E-state index is -4.38. The molecule has 1 N–H and O–H groups in total. The van der Waals surface area contributed by atoms with Crippen LogP contribution in [0.3, 0.4) is 0 Å². The number of aromatic nitrogens is 2. The second-order valence-corrected chi connectivity index (χ2v) is 6.98. The number of rotatable bonds is 3. The van der Waals surface area contributed by atoms with E-state index in [9.17, 15) is 13.2 Å². The molecule has 0 spiro atoms. The van der Waals surface area contributed by atoms with Crippen LogP contribution in [0, 0.1) is 20.8 Å². The molecule has 1 aromatic carbocycles. The fourth-order valence-electron chi connectivity index (χ4n) is 2.78. The normalized spacial score (nSPS) is 12.7. The van der Waals surface area contributed by atoms with Gasteiger partial charge in [-0.2, -0.15) is 18.3 Å². The SMILES string of the molecule is CC(=NNc1cccc(C(F)(F)F)c1)c1sc2nc(C)nc(C)c2c1C. The standard InChI is InChI=1S/C18H17F3N4S/c1-9-15-10(2)22-12(4)23-17(15)26-16(9)11(3)24-25-14-7-5-6-13(8-14)18(19,20)21/h5-8,25H,1-4H3. The molecule has 0 radical (unpaired) electrons. The van der Waals surface area contributed by atoms with E-state index in [-0.39, 0.29) is 5.69 Å². The molecule has 4 nitrogen and oxygen atoms in total. The van der Waals surface area contributed by atoms with Gasteiger partial charge in [0.1, 0.15) is 10.7 Å². The van der Waals surface area contributed by atoms with E-state index in [0.29, 0.717) is 11.5 Å². The lowest BCUT2D eigenvalue weighted by Gasteiger charge is -2.08. The van der Waals surface area contributed by atoms with Crippen LogP contribution in [-0.2, 0) is 6.18 Å². The average molecular weight is 378 g/mol. The molecule has 0 aliphatic carbocycles. The van der Waals surface area contributed by atoms with Crippen molar-refractivity contribution < 1.29 is 13.2 Å². The molecule has 0 unspecified atom stereocenters. The Labute approximate surface area is 152 Å². The molecule has 26 heavy (non-hydrogen) atoms. The molecule has 0 saturated carbocycles. The number of hydrogen-bond acceptors (Lipinski definition) is 5. The van der Waals surface area contributed by atoms with Gasteiger partial charge in [-0.05, 0) is 51.5 Å². The number of halogens is 3. The topological polar surface area (TPSA) is 50.2 Å². The van der Waals surface area contributed by atoms with Gasteiger partial charge >= 0.3 is 6.18 Å². The van der Waals surface area contributed by atoms with E-state index in [0.717, 1.165) is 38.5 Å². The number of nitrogens with zero attached hydrogens (tertiary/aromatic N) is 3. The van der Waals surface area contributed by atoms with Gasteiger partial charge in [-0.1, -0.05) is 6.07 Å². The van der Waals surface area contributed by atoms with Gasteiger partial charge < -0.3 is 0 Å². The molecule has 0 aliphatic heterocycles. The number of fused-ring (bicyclic) bond motifs is 1. The summed E-state index contributed by atoms with van der Waals surface area (Å²) in [6, 6.07) is 4.96. The van der Waals surface area contributed by atoms with Gasteiger partial charge in [-0.3, -0.25) is 5.43 Å². The van der Waals surface area contributed by atoms with Crippen molar-refractivity contribution in [2.24, 2.45) is 5.10 Å². The van der Waals surface area contributed by atoms with Crippen LogP contribution in [0.25, 0.3) is 10.2 Å². The van der Waals surface area contributed by atoms with Crippen LogP contribution in [0.1, 0.15) is 34.4 Å². The highest BCUT2D eigenvalue weighted by Gasteiger charge is 2.30. The highest BCUT2D eigenvalue weighted by Crippen LogP contribution is 2.32. The first-order valence-corrected chi connectivity index (χ1v) is 8.70. The van der Waals surface area contributed by atoms with Crippen molar-refractivity contribution in [3.05, 3.63) is 51.8 Å². The smallest absolute Gasteiger partial charge is 0.278 e. The van der Waals surface area contributed by atoms with Gasteiger partial charge in [-0.25, -0.2) is 9.97 Å². The molecule has 2 aromatic heterocycles. The third kappa shape index (κ3) is 3.55. The molecule has 136 valence electrons. The van der Waals surface area contributed by atoms with Gasteiger partial charge in [0, 0.05) is 11.1 Å². The number of benzene rings is 1. The minimum Gasteiger partial charge on any atom is -0.278 e. The molecule has 3 rings (SSSR count). The molecule has 0 fully saturated rings. The maximum absolute atomic E-state index is 12.8. The number of nitrogens with one attached hydrogen (secondary N) is 1. The molecule has 0 amide bonds. The summed E-state index contributed by atoms with van der Waals surface area (Å²) in [7, 11) is 0. The largest absolute Gasteiger partial charge is 0.416 e. The fraction of sp³-hybridized carbons (Fsp3) is 0.278. The Morgan fingerprint density at radius 3 is 2.58 bits per heavy atom. The van der Waals surface area contributed by atoms with Gasteiger partial charge in [0.15, 0.2) is 0 Å². The third-order valence-electron chi connectivity index (χ3n) is 3.95. The predicted molar refractivity (Wildman–Crippen MR) is 98.9 cm³/mol. The molecular formula is C18H17F3N4S. The van der Waals surface area contributed by atoms with E-state index in [1.54, 1.807) is 6.07 Å². The summed E-state index contributed by atoms with van der Waals surface area (Å²) in [6.45, 7) is 7.57. The Hall–Kier alpha value is -2.48. The number of thiophene rings is 1. The van der Waals surface area contributed by atoms with Crippen molar-refractivity contribution in [2.75, 3.05) is 5.43 Å². The van der Waals surface area contributed by atoms with Crippen LogP contribution >= 0.6 is 11.3 Å². The predicted octanol–water partition coefficient (Wildman–Crippen LogP) is 5.47. The summed E-state index contributed by atoms with van der Waals surface area (Å²) >= 11 is 1.50. The number of alkyl halides is 3. The number of hydrazone groups is 1. The summed E-state index contributed by atoms with van der Waals surface area (Å²) < 4.78 is 38.4. The molecule has 8 heteroatoms. The van der Waals surface area contributed by atoms with Crippen LogP contribution in [0.5, 0.6) is 0 Å². The highest BCUT2D eigenvalue weighted by molar-refractivity contribution is 7.20. The summed E-state index contributed by atoms with van der Waals surface area (Å²) in [6.07, 6.45) is -4.38. The Bertz CT molecular complexity index is 1010. The van der Waals surface area contributed by atoms with Crippen molar-refractivity contribution in [3.63, 3.8) is 0 Å². The lowest BCUT2D eigenvalue weighted by Crippen LogP contribution is -2.05. The first-order valence-electron chi connectivity index (χ1n) is 7.89. The van der Waals surface area contributed by atoms with Crippen LogP contribution < -0.4 is 5.43 Å². The number of aryl methyl sites for hydroxylation is 3. The second kappa shape index (κ2) is 6.68. The quantitative estimate of drug-likeness (QED) is 0.486. The van der Waals surface area contributed by atoms with E-state index >= 15 is 0 Å². The van der Waals surface area contributed by atoms with E-state index in [2.05, 4.69) is 20.5 Å². The van der Waals surface area contributed by atoms with Crippen molar-refractivity contribution in [2.45, 2.75) is 33.9 Å². The molecule has 2 heterocycles. The van der Waals surface area contributed by atoms with Crippen LogP contribution in [0.15, 0.2) is 29.4 Å². The Morgan fingerprint density at radius 2 is 1.88 bits per heavy atom. The van der Waals surface area contributed by atoms with E-state index in [4.69, 9.17) is 0 Å². The average Bonchev–Trinajstić information content (AvgIpc) is 2.89. The second-order valence-electron chi connectivity index (χ2n) is 5.98. The van der Waals surface area contributed by atoms with Crippen LogP contribution in [0.2, 0.25) is 0 Å². The van der Waals surface area contributed by atoms with Crippen molar-refractivity contribution in [3.8, 4) is 0 Å². The first kappa shape index (κ1) is 18.3. The van der Waals surface area contributed by atoms with Gasteiger partial charge in [0.2, 0.25) is 0 Å². The van der Waals surface area contributed by atoms with Crippen LogP contribution in [0.4, 0.5) is 18.9 Å². The third-order valence-corrected chi connectivity index (χ3v) is 5.25.